The van der Waals surface area contributed by atoms with Gasteiger partial charge in [0.25, 0.3) is 0 Å². The minimum atomic E-state index is -0.449. The molecule has 0 saturated heterocycles. The molecule has 10 nitrogen and oxygen atoms in total. The van der Waals surface area contributed by atoms with Crippen LogP contribution in [0.4, 0.5) is 0 Å². The first kappa shape index (κ1) is 29.7. The maximum atomic E-state index is 12.0. The first-order chi connectivity index (χ1) is 19.5. The molecule has 0 heterocycles. The van der Waals surface area contributed by atoms with Crippen LogP contribution in [0.1, 0.15) is 31.8 Å². The lowest BCUT2D eigenvalue weighted by molar-refractivity contribution is 0.103. The van der Waals surface area contributed by atoms with E-state index in [2.05, 4.69) is 0 Å². The Bertz CT molecular complexity index is 1640. The molecule has 0 aliphatic carbocycles. The quantitative estimate of drug-likeness (QED) is 0.0913. The van der Waals surface area contributed by atoms with Crippen molar-refractivity contribution in [2.24, 2.45) is 0 Å². The predicted molar refractivity (Wildman–Crippen MR) is 151 cm³/mol. The van der Waals surface area contributed by atoms with Crippen LogP contribution in [0.25, 0.3) is 12.2 Å². The molecule has 0 radical (unpaired) electrons. The summed E-state index contributed by atoms with van der Waals surface area (Å²) in [7, 11) is 1.43. The van der Waals surface area contributed by atoms with E-state index in [4.69, 9.17) is 14.9 Å². The molecule has 0 atom stereocenters. The number of carbonyl (C=O) groups excluding carboxylic acids is 2. The van der Waals surface area contributed by atoms with Crippen molar-refractivity contribution < 1.29 is 50.1 Å². The first-order valence-electron chi connectivity index (χ1n) is 11.9. The maximum absolute atomic E-state index is 12.0. The number of phenolic OH excluding ortho intramolecular Hbond substituents is 7. The van der Waals surface area contributed by atoms with E-state index in [1.54, 1.807) is 12.1 Å². The lowest BCUT2D eigenvalue weighted by atomic mass is 10.1. The number of ether oxygens (including phenoxy) is 1. The Morgan fingerprint density at radius 3 is 1.44 bits per heavy atom. The number of rotatable bonds is 7. The molecule has 0 fully saturated rings. The molecule has 0 saturated carbocycles. The van der Waals surface area contributed by atoms with Crippen molar-refractivity contribution in [3.05, 3.63) is 107 Å². The number of allylic oxidation sites excluding steroid dienone is 2. The molecule has 10 heteroatoms. The van der Waals surface area contributed by atoms with Gasteiger partial charge in [0.05, 0.1) is 18.2 Å². The molecule has 0 spiro atoms. The molecule has 41 heavy (non-hydrogen) atoms. The molecule has 4 rings (SSSR count). The summed E-state index contributed by atoms with van der Waals surface area (Å²) in [5, 5.41) is 65.5. The highest BCUT2D eigenvalue weighted by molar-refractivity contribution is 6.09. The Morgan fingerprint density at radius 2 is 1.00 bits per heavy atom. The summed E-state index contributed by atoms with van der Waals surface area (Å²) >= 11 is 0. The van der Waals surface area contributed by atoms with Gasteiger partial charge in [-0.3, -0.25) is 9.59 Å². The number of hydrogen-bond donors (Lipinski definition) is 7. The molecular formula is C31H26O10. The van der Waals surface area contributed by atoms with Crippen LogP contribution in [-0.4, -0.2) is 54.4 Å². The smallest absolute Gasteiger partial charge is 0.189 e. The summed E-state index contributed by atoms with van der Waals surface area (Å²) in [5.41, 5.74) is 1.33. The van der Waals surface area contributed by atoms with E-state index >= 15 is 0 Å². The highest BCUT2D eigenvalue weighted by atomic mass is 16.5. The molecule has 0 unspecified atom stereocenters. The average Bonchev–Trinajstić information content (AvgIpc) is 2.93. The largest absolute Gasteiger partial charge is 0.508 e. The molecule has 0 amide bonds. The van der Waals surface area contributed by atoms with Crippen LogP contribution in [0.3, 0.4) is 0 Å². The van der Waals surface area contributed by atoms with Crippen molar-refractivity contribution in [1.82, 2.24) is 0 Å². The molecule has 4 aromatic carbocycles. The van der Waals surface area contributed by atoms with E-state index in [9.17, 15) is 35.1 Å². The Morgan fingerprint density at radius 1 is 0.537 bits per heavy atom. The van der Waals surface area contributed by atoms with Crippen LogP contribution in [0.15, 0.2) is 84.9 Å². The third-order valence-corrected chi connectivity index (χ3v) is 5.55. The highest BCUT2D eigenvalue weighted by Crippen LogP contribution is 2.28. The standard InChI is InChI=1S/C16H14O5.C15H12O5/c1-21-16-8-10(3-7-14(16)19)2-6-13(18)12-5-4-11(17)9-15(12)20;16-10-3-4-11(14(19)8-10)12(17)5-1-9-2-6-13(18)15(20)7-9/h2-9,17,19-20H,1H3;1-8,16,18-20H/b6-2+;5-1+. The molecule has 210 valence electrons. The fourth-order valence-corrected chi connectivity index (χ4v) is 3.42. The SMILES string of the molecule is COc1cc(/C=C/C(=O)c2ccc(O)cc2O)ccc1O.O=C(/C=C/c1ccc(O)c(O)c1)c1ccc(O)cc1O. The molecule has 4 aromatic rings. The van der Waals surface area contributed by atoms with Gasteiger partial charge >= 0.3 is 0 Å². The molecule has 0 aliphatic rings. The fraction of sp³-hybridized carbons (Fsp3) is 0.0323. The van der Waals surface area contributed by atoms with Crippen LogP contribution < -0.4 is 4.74 Å². The third-order valence-electron chi connectivity index (χ3n) is 5.55. The van der Waals surface area contributed by atoms with Gasteiger partial charge in [0, 0.05) is 12.1 Å². The normalized spacial score (nSPS) is 10.8. The van der Waals surface area contributed by atoms with Gasteiger partial charge in [-0.1, -0.05) is 24.3 Å². The monoisotopic (exact) mass is 558 g/mol. The Hall–Kier alpha value is -5.90. The summed E-state index contributed by atoms with van der Waals surface area (Å²) < 4.78 is 4.97. The second kappa shape index (κ2) is 13.3. The van der Waals surface area contributed by atoms with Crippen molar-refractivity contribution in [2.75, 3.05) is 7.11 Å². The highest BCUT2D eigenvalue weighted by Gasteiger charge is 2.10. The van der Waals surface area contributed by atoms with Gasteiger partial charge in [0.1, 0.15) is 23.0 Å². The molecule has 7 N–H and O–H groups in total. The van der Waals surface area contributed by atoms with E-state index in [0.29, 0.717) is 16.9 Å². The van der Waals surface area contributed by atoms with Crippen molar-refractivity contribution in [3.8, 4) is 46.0 Å². The zero-order chi connectivity index (χ0) is 30.1. The van der Waals surface area contributed by atoms with Gasteiger partial charge in [0.2, 0.25) is 0 Å². The van der Waals surface area contributed by atoms with E-state index in [1.165, 1.54) is 79.9 Å². The Kier molecular flexibility index (Phi) is 9.58. The van der Waals surface area contributed by atoms with Crippen LogP contribution in [0, 0.1) is 0 Å². The van der Waals surface area contributed by atoms with E-state index in [1.807, 2.05) is 0 Å². The topological polar surface area (TPSA) is 185 Å². The average molecular weight is 559 g/mol. The lowest BCUT2D eigenvalue weighted by Crippen LogP contribution is -1.94. The van der Waals surface area contributed by atoms with Crippen molar-refractivity contribution in [3.63, 3.8) is 0 Å². The number of hydrogen-bond acceptors (Lipinski definition) is 10. The molecule has 0 bridgehead atoms. The van der Waals surface area contributed by atoms with E-state index in [-0.39, 0.29) is 51.4 Å². The van der Waals surface area contributed by atoms with Crippen molar-refractivity contribution in [2.45, 2.75) is 0 Å². The zero-order valence-corrected chi connectivity index (χ0v) is 21.6. The maximum Gasteiger partial charge on any atom is 0.189 e. The van der Waals surface area contributed by atoms with Crippen LogP contribution >= 0.6 is 0 Å². The predicted octanol–water partition coefficient (Wildman–Crippen LogP) is 5.11. The number of phenols is 7. The van der Waals surface area contributed by atoms with E-state index in [0.717, 1.165) is 12.1 Å². The minimum absolute atomic E-state index is 0.0113. The zero-order valence-electron chi connectivity index (χ0n) is 21.6. The lowest BCUT2D eigenvalue weighted by Gasteiger charge is -2.04. The third kappa shape index (κ3) is 8.04. The number of methoxy groups -OCH3 is 1. The fourth-order valence-electron chi connectivity index (χ4n) is 3.42. The van der Waals surface area contributed by atoms with Crippen molar-refractivity contribution >= 4 is 23.7 Å². The van der Waals surface area contributed by atoms with E-state index < -0.39 is 11.6 Å². The minimum Gasteiger partial charge on any atom is -0.508 e. The Balaban J connectivity index is 0.000000226. The summed E-state index contributed by atoms with van der Waals surface area (Å²) in [6, 6.07) is 16.2. The second-order valence-electron chi connectivity index (χ2n) is 8.48. The summed E-state index contributed by atoms with van der Waals surface area (Å²) in [6.07, 6.45) is 5.49. The molecule has 0 aromatic heterocycles. The van der Waals surface area contributed by atoms with Gasteiger partial charge in [-0.15, -0.1) is 0 Å². The first-order valence-corrected chi connectivity index (χ1v) is 11.9. The van der Waals surface area contributed by atoms with Gasteiger partial charge in [-0.2, -0.15) is 0 Å². The summed E-state index contributed by atoms with van der Waals surface area (Å²) in [4.78, 5) is 23.8. The van der Waals surface area contributed by atoms with Crippen LogP contribution in [0.5, 0.6) is 46.0 Å². The number of carbonyl (C=O) groups is 2. The Labute approximate surface area is 234 Å². The van der Waals surface area contributed by atoms with Crippen molar-refractivity contribution in [1.29, 1.82) is 0 Å². The van der Waals surface area contributed by atoms with Crippen LogP contribution in [0.2, 0.25) is 0 Å². The summed E-state index contributed by atoms with van der Waals surface area (Å²) in [5.74, 6) is -1.91. The number of benzene rings is 4. The van der Waals surface area contributed by atoms with Gasteiger partial charge in [0.15, 0.2) is 34.6 Å². The van der Waals surface area contributed by atoms with Gasteiger partial charge < -0.3 is 40.5 Å². The van der Waals surface area contributed by atoms with Gasteiger partial charge in [-0.25, -0.2) is 0 Å². The van der Waals surface area contributed by atoms with Gasteiger partial charge in [-0.05, 0) is 71.8 Å². The summed E-state index contributed by atoms with van der Waals surface area (Å²) in [6.45, 7) is 0. The second-order valence-corrected chi connectivity index (χ2v) is 8.48. The number of aromatic hydroxyl groups is 7. The molecule has 0 aliphatic heterocycles. The molecular weight excluding hydrogens is 532 g/mol. The van der Waals surface area contributed by atoms with Crippen LogP contribution in [-0.2, 0) is 0 Å². The number of ketones is 2.